The summed E-state index contributed by atoms with van der Waals surface area (Å²) in [6.07, 6.45) is 1.62. The van der Waals surface area contributed by atoms with E-state index in [1.54, 1.807) is 30.5 Å². The van der Waals surface area contributed by atoms with Crippen molar-refractivity contribution in [1.29, 1.82) is 0 Å². The maximum atomic E-state index is 11.2. The molecule has 0 bridgehead atoms. The predicted molar refractivity (Wildman–Crippen MR) is 79.4 cm³/mol. The van der Waals surface area contributed by atoms with Gasteiger partial charge in [-0.05, 0) is 43.8 Å². The summed E-state index contributed by atoms with van der Waals surface area (Å²) in [6, 6.07) is 7.16. The Morgan fingerprint density at radius 1 is 1.37 bits per heavy atom. The standard InChI is InChI=1S/C13H17N3O2S/c1-9(2)15-13(19)16-14-8-10-4-6-11(7-5-10)12(17)18-3/h4-9H,1-3H3,(H2,15,16,19). The van der Waals surface area contributed by atoms with Crippen molar-refractivity contribution in [1.82, 2.24) is 10.7 Å². The zero-order chi connectivity index (χ0) is 14.3. The van der Waals surface area contributed by atoms with Gasteiger partial charge in [0.25, 0.3) is 0 Å². The summed E-state index contributed by atoms with van der Waals surface area (Å²) in [7, 11) is 1.35. The number of rotatable bonds is 4. The molecular formula is C13H17N3O2S. The van der Waals surface area contributed by atoms with E-state index in [-0.39, 0.29) is 12.0 Å². The van der Waals surface area contributed by atoms with Crippen LogP contribution < -0.4 is 10.7 Å². The van der Waals surface area contributed by atoms with Crippen LogP contribution in [0.25, 0.3) is 0 Å². The molecule has 1 aromatic carbocycles. The summed E-state index contributed by atoms with van der Waals surface area (Å²) in [4.78, 5) is 11.2. The zero-order valence-electron chi connectivity index (χ0n) is 11.1. The molecule has 5 nitrogen and oxygen atoms in total. The molecule has 6 heteroatoms. The van der Waals surface area contributed by atoms with Gasteiger partial charge in [0.05, 0.1) is 18.9 Å². The lowest BCUT2D eigenvalue weighted by Crippen LogP contribution is -2.36. The highest BCUT2D eigenvalue weighted by molar-refractivity contribution is 7.80. The summed E-state index contributed by atoms with van der Waals surface area (Å²) >= 11 is 5.02. The minimum atomic E-state index is -0.357. The molecule has 0 atom stereocenters. The van der Waals surface area contributed by atoms with E-state index in [4.69, 9.17) is 12.2 Å². The largest absolute Gasteiger partial charge is 0.465 e. The van der Waals surface area contributed by atoms with Crippen LogP contribution in [-0.2, 0) is 4.74 Å². The fourth-order valence-electron chi connectivity index (χ4n) is 1.28. The van der Waals surface area contributed by atoms with Gasteiger partial charge in [0.1, 0.15) is 0 Å². The lowest BCUT2D eigenvalue weighted by Gasteiger charge is -2.09. The number of nitrogens with zero attached hydrogens (tertiary/aromatic N) is 1. The first-order valence-electron chi connectivity index (χ1n) is 5.81. The summed E-state index contributed by atoms with van der Waals surface area (Å²) in [5.74, 6) is -0.357. The van der Waals surface area contributed by atoms with Crippen LogP contribution in [0, 0.1) is 0 Å². The number of ether oxygens (including phenoxy) is 1. The number of thiocarbonyl (C=S) groups is 1. The lowest BCUT2D eigenvalue weighted by atomic mass is 10.1. The molecule has 19 heavy (non-hydrogen) atoms. The van der Waals surface area contributed by atoms with Crippen LogP contribution in [0.4, 0.5) is 0 Å². The van der Waals surface area contributed by atoms with E-state index in [0.29, 0.717) is 10.7 Å². The first kappa shape index (κ1) is 15.1. The Balaban J connectivity index is 2.53. The Hall–Kier alpha value is -1.95. The molecule has 0 aliphatic carbocycles. The molecule has 1 rings (SSSR count). The second-order valence-corrected chi connectivity index (χ2v) is 4.52. The molecular weight excluding hydrogens is 262 g/mol. The normalized spacial score (nSPS) is 10.5. The van der Waals surface area contributed by atoms with Crippen molar-refractivity contribution < 1.29 is 9.53 Å². The lowest BCUT2D eigenvalue weighted by molar-refractivity contribution is 0.0601. The SMILES string of the molecule is COC(=O)c1ccc(C=NNC(=S)NC(C)C)cc1. The number of benzene rings is 1. The number of hydrogen-bond acceptors (Lipinski definition) is 4. The van der Waals surface area contributed by atoms with Gasteiger partial charge < -0.3 is 10.1 Å². The highest BCUT2D eigenvalue weighted by atomic mass is 32.1. The second-order valence-electron chi connectivity index (χ2n) is 4.11. The van der Waals surface area contributed by atoms with Crippen LogP contribution in [0.15, 0.2) is 29.4 Å². The number of hydrazone groups is 1. The maximum Gasteiger partial charge on any atom is 0.337 e. The van der Waals surface area contributed by atoms with Crippen LogP contribution in [0.2, 0.25) is 0 Å². The molecule has 0 spiro atoms. The molecule has 0 saturated carbocycles. The minimum absolute atomic E-state index is 0.259. The number of carbonyl (C=O) groups excluding carboxylic acids is 1. The summed E-state index contributed by atoms with van der Waals surface area (Å²) in [5, 5.41) is 7.47. The van der Waals surface area contributed by atoms with Crippen molar-refractivity contribution in [3.05, 3.63) is 35.4 Å². The average Bonchev–Trinajstić information content (AvgIpc) is 2.37. The van der Waals surface area contributed by atoms with Crippen molar-refractivity contribution in [2.24, 2.45) is 5.10 Å². The number of nitrogens with one attached hydrogen (secondary N) is 2. The van der Waals surface area contributed by atoms with E-state index in [9.17, 15) is 4.79 Å². The molecule has 0 amide bonds. The molecule has 0 fully saturated rings. The van der Waals surface area contributed by atoms with E-state index < -0.39 is 0 Å². The third-order valence-electron chi connectivity index (χ3n) is 2.13. The molecule has 0 saturated heterocycles. The van der Waals surface area contributed by atoms with Crippen LogP contribution in [-0.4, -0.2) is 30.4 Å². The Bertz CT molecular complexity index is 469. The van der Waals surface area contributed by atoms with Gasteiger partial charge in [-0.3, -0.25) is 5.43 Å². The summed E-state index contributed by atoms with van der Waals surface area (Å²) in [5.41, 5.74) is 4.07. The molecule has 102 valence electrons. The number of carbonyl (C=O) groups is 1. The van der Waals surface area contributed by atoms with Gasteiger partial charge in [0.15, 0.2) is 5.11 Å². The van der Waals surface area contributed by atoms with Crippen LogP contribution in [0.3, 0.4) is 0 Å². The zero-order valence-corrected chi connectivity index (χ0v) is 12.0. The van der Waals surface area contributed by atoms with E-state index in [0.717, 1.165) is 5.56 Å². The van der Waals surface area contributed by atoms with Gasteiger partial charge in [0.2, 0.25) is 0 Å². The van der Waals surface area contributed by atoms with Crippen molar-refractivity contribution in [3.8, 4) is 0 Å². The van der Waals surface area contributed by atoms with Crippen LogP contribution >= 0.6 is 12.2 Å². The third kappa shape index (κ3) is 5.48. The van der Waals surface area contributed by atoms with Gasteiger partial charge in [-0.1, -0.05) is 12.1 Å². The minimum Gasteiger partial charge on any atom is -0.465 e. The summed E-state index contributed by atoms with van der Waals surface area (Å²) in [6.45, 7) is 3.98. The number of methoxy groups -OCH3 is 1. The first-order chi connectivity index (χ1) is 9.02. The number of hydrogen-bond donors (Lipinski definition) is 2. The predicted octanol–water partition coefficient (Wildman–Crippen LogP) is 1.68. The van der Waals surface area contributed by atoms with Crippen LogP contribution in [0.5, 0.6) is 0 Å². The molecule has 0 heterocycles. The van der Waals surface area contributed by atoms with E-state index in [1.807, 2.05) is 13.8 Å². The average molecular weight is 279 g/mol. The highest BCUT2D eigenvalue weighted by Gasteiger charge is 2.03. The van der Waals surface area contributed by atoms with Crippen molar-refractivity contribution in [2.75, 3.05) is 7.11 Å². The molecule has 0 aliphatic rings. The molecule has 0 aromatic heterocycles. The van der Waals surface area contributed by atoms with Crippen molar-refractivity contribution in [2.45, 2.75) is 19.9 Å². The third-order valence-corrected chi connectivity index (χ3v) is 2.34. The smallest absolute Gasteiger partial charge is 0.337 e. The van der Waals surface area contributed by atoms with Crippen molar-refractivity contribution >= 4 is 29.5 Å². The van der Waals surface area contributed by atoms with Crippen LogP contribution in [0.1, 0.15) is 29.8 Å². The van der Waals surface area contributed by atoms with Gasteiger partial charge in [0, 0.05) is 6.04 Å². The molecule has 0 radical (unpaired) electrons. The fourth-order valence-corrected chi connectivity index (χ4v) is 1.57. The Morgan fingerprint density at radius 2 is 2.00 bits per heavy atom. The van der Waals surface area contributed by atoms with E-state index >= 15 is 0 Å². The highest BCUT2D eigenvalue weighted by Crippen LogP contribution is 2.03. The van der Waals surface area contributed by atoms with Gasteiger partial charge in [-0.15, -0.1) is 0 Å². The molecule has 1 aromatic rings. The van der Waals surface area contributed by atoms with E-state index in [1.165, 1.54) is 7.11 Å². The number of esters is 1. The quantitative estimate of drug-likeness (QED) is 0.380. The molecule has 2 N–H and O–H groups in total. The maximum absolute atomic E-state index is 11.2. The Morgan fingerprint density at radius 3 is 2.53 bits per heavy atom. The Kier molecular flexibility index (Phi) is 5.95. The van der Waals surface area contributed by atoms with Gasteiger partial charge in [-0.2, -0.15) is 5.10 Å². The monoisotopic (exact) mass is 279 g/mol. The van der Waals surface area contributed by atoms with E-state index in [2.05, 4.69) is 20.6 Å². The second kappa shape index (κ2) is 7.48. The first-order valence-corrected chi connectivity index (χ1v) is 6.21. The summed E-state index contributed by atoms with van der Waals surface area (Å²) < 4.78 is 4.62. The topological polar surface area (TPSA) is 62.7 Å². The molecule has 0 unspecified atom stereocenters. The van der Waals surface area contributed by atoms with Gasteiger partial charge >= 0.3 is 5.97 Å². The van der Waals surface area contributed by atoms with Crippen molar-refractivity contribution in [3.63, 3.8) is 0 Å². The van der Waals surface area contributed by atoms with Gasteiger partial charge in [-0.25, -0.2) is 4.79 Å². The molecule has 0 aliphatic heterocycles. The Labute approximate surface area is 118 Å². The fraction of sp³-hybridized carbons (Fsp3) is 0.308.